The summed E-state index contributed by atoms with van der Waals surface area (Å²) >= 11 is 0. The minimum atomic E-state index is -0.890. The second-order valence-corrected chi connectivity index (χ2v) is 13.1. The summed E-state index contributed by atoms with van der Waals surface area (Å²) in [5.41, 5.74) is 0. The maximum atomic E-state index is 12.1. The van der Waals surface area contributed by atoms with Crippen LogP contribution in [0.5, 0.6) is 0 Å². The van der Waals surface area contributed by atoms with Crippen LogP contribution in [0.3, 0.4) is 0 Å². The van der Waals surface area contributed by atoms with Gasteiger partial charge < -0.3 is 38.3 Å². The zero-order valence-corrected chi connectivity index (χ0v) is 28.4. The van der Waals surface area contributed by atoms with Crippen LogP contribution in [-0.4, -0.2) is 87.7 Å². The summed E-state index contributed by atoms with van der Waals surface area (Å²) in [6.07, 6.45) is 21.0. The highest BCUT2D eigenvalue weighted by atomic mass is 16.7. The lowest BCUT2D eigenvalue weighted by atomic mass is 10.0. The predicted molar refractivity (Wildman–Crippen MR) is 172 cm³/mol. The van der Waals surface area contributed by atoms with Gasteiger partial charge in [0, 0.05) is 13.0 Å². The van der Waals surface area contributed by atoms with E-state index in [0.29, 0.717) is 32.8 Å². The first kappa shape index (κ1) is 39.4. The number of hydrogen-bond acceptors (Lipinski definition) is 9. The quantitative estimate of drug-likeness (QED) is 0.0707. The first-order valence-corrected chi connectivity index (χ1v) is 18.0. The van der Waals surface area contributed by atoms with Gasteiger partial charge >= 0.3 is 5.97 Å². The van der Waals surface area contributed by atoms with Crippen molar-refractivity contribution in [2.75, 3.05) is 46.2 Å². The number of ether oxygens (including phenoxy) is 7. The van der Waals surface area contributed by atoms with Crippen LogP contribution in [0, 0.1) is 0 Å². The van der Waals surface area contributed by atoms with Crippen molar-refractivity contribution < 1.29 is 43.1 Å². The fraction of sp³-hybridized carbons (Fsp3) is 0.971. The van der Waals surface area contributed by atoms with Gasteiger partial charge in [0.1, 0.15) is 24.9 Å². The Labute approximate surface area is 268 Å². The molecular weight excluding hydrogens is 564 g/mol. The molecule has 2 fully saturated rings. The van der Waals surface area contributed by atoms with E-state index in [1.165, 1.54) is 83.5 Å². The van der Waals surface area contributed by atoms with Crippen LogP contribution in [-0.2, 0) is 38.0 Å². The summed E-state index contributed by atoms with van der Waals surface area (Å²) < 4.78 is 40.0. The average molecular weight is 631 g/mol. The summed E-state index contributed by atoms with van der Waals surface area (Å²) in [5.74, 6) is -0.849. The Bertz CT molecular complexity index is 683. The van der Waals surface area contributed by atoms with Crippen molar-refractivity contribution >= 4 is 5.97 Å². The highest BCUT2D eigenvalue weighted by Gasteiger charge is 2.33. The Morgan fingerprint density at radius 3 is 2.00 bits per heavy atom. The Hall–Kier alpha value is -0.810. The van der Waals surface area contributed by atoms with E-state index in [4.69, 9.17) is 33.2 Å². The van der Waals surface area contributed by atoms with Gasteiger partial charge in [0.05, 0.1) is 33.0 Å². The fourth-order valence-electron chi connectivity index (χ4n) is 5.62. The Morgan fingerprint density at radius 1 is 0.818 bits per heavy atom. The summed E-state index contributed by atoms with van der Waals surface area (Å²) in [6.45, 7) is 8.13. The first-order valence-electron chi connectivity index (χ1n) is 18.0. The summed E-state index contributed by atoms with van der Waals surface area (Å²) in [7, 11) is 0. The molecule has 2 rings (SSSR count). The molecule has 2 heterocycles. The second-order valence-electron chi connectivity index (χ2n) is 13.1. The van der Waals surface area contributed by atoms with Crippen LogP contribution >= 0.6 is 0 Å². The average Bonchev–Trinajstić information content (AvgIpc) is 3.36. The van der Waals surface area contributed by atoms with E-state index < -0.39 is 11.9 Å². The summed E-state index contributed by atoms with van der Waals surface area (Å²) in [5, 5.41) is 10.3. The predicted octanol–water partition coefficient (Wildman–Crippen LogP) is 7.25. The molecule has 2 aliphatic rings. The number of aliphatic hydroxyl groups excluding tert-OH is 1. The van der Waals surface area contributed by atoms with E-state index in [2.05, 4.69) is 6.92 Å². The fourth-order valence-corrected chi connectivity index (χ4v) is 5.62. The third-order valence-corrected chi connectivity index (χ3v) is 8.19. The van der Waals surface area contributed by atoms with E-state index in [-0.39, 0.29) is 44.3 Å². The van der Waals surface area contributed by atoms with E-state index in [0.717, 1.165) is 32.1 Å². The smallest absolute Gasteiger partial charge is 0.305 e. The molecule has 2 saturated heterocycles. The standard InChI is InChI=1S/C35H66O9/c1-4-5-6-7-8-9-10-11-12-13-14-15-16-17-18-21-33(37)41-25-30(36)24-38-26-31(43-34-22-19-20-23-40-34)27-39-28-32-29-42-35(2,3)44-32/h30-32,34,36H,4-29H2,1-3H3. The first-order chi connectivity index (χ1) is 21.4. The molecule has 0 spiro atoms. The molecule has 9 nitrogen and oxygen atoms in total. The van der Waals surface area contributed by atoms with Crippen LogP contribution < -0.4 is 0 Å². The van der Waals surface area contributed by atoms with Crippen molar-refractivity contribution in [1.82, 2.24) is 0 Å². The number of esters is 1. The van der Waals surface area contributed by atoms with Gasteiger partial charge in [-0.3, -0.25) is 4.79 Å². The molecule has 4 atom stereocenters. The van der Waals surface area contributed by atoms with Crippen LogP contribution in [0.4, 0.5) is 0 Å². The number of unbranched alkanes of at least 4 members (excludes halogenated alkanes) is 14. The van der Waals surface area contributed by atoms with Gasteiger partial charge in [-0.1, -0.05) is 96.8 Å². The molecular formula is C35H66O9. The molecule has 0 aromatic heterocycles. The van der Waals surface area contributed by atoms with Crippen LogP contribution in [0.15, 0.2) is 0 Å². The molecule has 0 aliphatic carbocycles. The Kier molecular flexibility index (Phi) is 22.6. The van der Waals surface area contributed by atoms with Crippen molar-refractivity contribution in [2.45, 2.75) is 173 Å². The second kappa shape index (κ2) is 25.3. The zero-order chi connectivity index (χ0) is 31.7. The maximum absolute atomic E-state index is 12.1. The van der Waals surface area contributed by atoms with Gasteiger partial charge in [0.25, 0.3) is 0 Å². The van der Waals surface area contributed by atoms with E-state index in [1.807, 2.05) is 13.8 Å². The SMILES string of the molecule is CCCCCCCCCCCCCCCCCC(=O)OCC(O)COCC(COCC1COC(C)(C)O1)OC1CCCCO1. The number of carbonyl (C=O) groups is 1. The Balaban J connectivity index is 1.45. The van der Waals surface area contributed by atoms with E-state index in [1.54, 1.807) is 0 Å². The highest BCUT2D eigenvalue weighted by Crippen LogP contribution is 2.23. The van der Waals surface area contributed by atoms with Gasteiger partial charge in [-0.25, -0.2) is 0 Å². The number of carbonyl (C=O) groups excluding carboxylic acids is 1. The lowest BCUT2D eigenvalue weighted by Crippen LogP contribution is -2.36. The maximum Gasteiger partial charge on any atom is 0.305 e. The van der Waals surface area contributed by atoms with Crippen LogP contribution in [0.1, 0.15) is 143 Å². The van der Waals surface area contributed by atoms with E-state index in [9.17, 15) is 9.90 Å². The van der Waals surface area contributed by atoms with Crippen molar-refractivity contribution in [1.29, 1.82) is 0 Å². The van der Waals surface area contributed by atoms with Gasteiger partial charge in [-0.05, 0) is 39.5 Å². The number of hydrogen-bond donors (Lipinski definition) is 1. The normalized spacial score (nSPS) is 21.4. The molecule has 0 saturated carbocycles. The molecule has 0 aromatic rings. The number of rotatable bonds is 28. The number of aliphatic hydroxyl groups is 1. The van der Waals surface area contributed by atoms with Crippen molar-refractivity contribution in [3.63, 3.8) is 0 Å². The van der Waals surface area contributed by atoms with Crippen LogP contribution in [0.2, 0.25) is 0 Å². The molecule has 0 amide bonds. The highest BCUT2D eigenvalue weighted by molar-refractivity contribution is 5.69. The zero-order valence-electron chi connectivity index (χ0n) is 28.4. The molecule has 44 heavy (non-hydrogen) atoms. The monoisotopic (exact) mass is 630 g/mol. The largest absolute Gasteiger partial charge is 0.463 e. The molecule has 2 aliphatic heterocycles. The minimum Gasteiger partial charge on any atom is -0.463 e. The summed E-state index contributed by atoms with van der Waals surface area (Å²) in [4.78, 5) is 12.1. The molecule has 0 bridgehead atoms. The molecule has 9 heteroatoms. The molecule has 4 unspecified atom stereocenters. The van der Waals surface area contributed by atoms with Gasteiger partial charge in [0.15, 0.2) is 12.1 Å². The topological polar surface area (TPSA) is 102 Å². The molecule has 1 N–H and O–H groups in total. The van der Waals surface area contributed by atoms with Crippen molar-refractivity contribution in [2.24, 2.45) is 0 Å². The van der Waals surface area contributed by atoms with Gasteiger partial charge in [-0.2, -0.15) is 0 Å². The van der Waals surface area contributed by atoms with Crippen molar-refractivity contribution in [3.8, 4) is 0 Å². The van der Waals surface area contributed by atoms with Crippen molar-refractivity contribution in [3.05, 3.63) is 0 Å². The Morgan fingerprint density at radius 2 is 1.43 bits per heavy atom. The molecule has 0 radical (unpaired) electrons. The molecule has 260 valence electrons. The third kappa shape index (κ3) is 21.1. The van der Waals surface area contributed by atoms with Gasteiger partial charge in [-0.15, -0.1) is 0 Å². The van der Waals surface area contributed by atoms with Crippen LogP contribution in [0.25, 0.3) is 0 Å². The minimum absolute atomic E-state index is 0.0470. The van der Waals surface area contributed by atoms with Gasteiger partial charge in [0.2, 0.25) is 0 Å². The third-order valence-electron chi connectivity index (χ3n) is 8.19. The van der Waals surface area contributed by atoms with E-state index >= 15 is 0 Å². The molecule has 0 aromatic carbocycles. The summed E-state index contributed by atoms with van der Waals surface area (Å²) in [6, 6.07) is 0. The lowest BCUT2D eigenvalue weighted by molar-refractivity contribution is -0.211. The lowest BCUT2D eigenvalue weighted by Gasteiger charge is -2.28.